The number of rotatable bonds is 4. The van der Waals surface area contributed by atoms with E-state index in [1.807, 2.05) is 42.5 Å². The lowest BCUT2D eigenvalue weighted by Crippen LogP contribution is -2.21. The number of carbonyl (C=O) groups is 2. The molecule has 0 unspecified atom stereocenters. The summed E-state index contributed by atoms with van der Waals surface area (Å²) in [6.07, 6.45) is 4.27. The van der Waals surface area contributed by atoms with Crippen molar-refractivity contribution in [3.05, 3.63) is 70.8 Å². The molecule has 1 aromatic heterocycles. The molecule has 1 heterocycles. The quantitative estimate of drug-likeness (QED) is 0.430. The summed E-state index contributed by atoms with van der Waals surface area (Å²) in [7, 11) is 0. The molecule has 32 heavy (non-hydrogen) atoms. The maximum Gasteiger partial charge on any atom is 0.168 e. The Morgan fingerprint density at radius 2 is 1.75 bits per heavy atom. The van der Waals surface area contributed by atoms with Crippen molar-refractivity contribution in [1.29, 1.82) is 0 Å². The summed E-state index contributed by atoms with van der Waals surface area (Å²) in [5.41, 5.74) is 2.84. The molecule has 0 spiro atoms. The molecule has 2 aromatic carbocycles. The molecule has 6 nitrogen and oxygen atoms in total. The second kappa shape index (κ2) is 8.54. The van der Waals surface area contributed by atoms with E-state index in [0.29, 0.717) is 66.8 Å². The molecule has 1 N–H and O–H groups in total. The van der Waals surface area contributed by atoms with Crippen LogP contribution in [-0.4, -0.2) is 27.5 Å². The maximum atomic E-state index is 12.8. The highest BCUT2D eigenvalue weighted by Crippen LogP contribution is 2.31. The number of hydrogen-bond acceptors (Lipinski definition) is 6. The molecule has 0 bridgehead atoms. The van der Waals surface area contributed by atoms with Crippen LogP contribution in [0.1, 0.15) is 60.3 Å². The average Bonchev–Trinajstić information content (AvgIpc) is 3.22. The van der Waals surface area contributed by atoms with Gasteiger partial charge in [-0.25, -0.2) is 0 Å². The number of aliphatic hydroxyl groups is 1. The molecule has 2 aliphatic rings. The first-order valence-corrected chi connectivity index (χ1v) is 11.1. The molecule has 162 valence electrons. The molecule has 0 atom stereocenters. The van der Waals surface area contributed by atoms with E-state index in [-0.39, 0.29) is 23.7 Å². The Labute approximate surface area is 185 Å². The topological polar surface area (TPSA) is 92.8 Å². The molecule has 0 aliphatic heterocycles. The third-order valence-electron chi connectivity index (χ3n) is 6.21. The van der Waals surface area contributed by atoms with Crippen molar-refractivity contribution >= 4 is 33.7 Å². The van der Waals surface area contributed by atoms with Gasteiger partial charge in [0.15, 0.2) is 11.6 Å². The monoisotopic (exact) mass is 428 g/mol. The number of ketones is 2. The molecular formula is C26H24N2O4. The van der Waals surface area contributed by atoms with Gasteiger partial charge in [-0.2, -0.15) is 0 Å². The highest BCUT2D eigenvalue weighted by molar-refractivity contribution is 6.25. The van der Waals surface area contributed by atoms with E-state index < -0.39 is 0 Å². The zero-order chi connectivity index (χ0) is 22.1. The highest BCUT2D eigenvalue weighted by Gasteiger charge is 2.28. The van der Waals surface area contributed by atoms with Crippen LogP contribution in [0.5, 0.6) is 0 Å². The zero-order valence-electron chi connectivity index (χ0n) is 17.8. The number of aliphatic hydroxyl groups excluding tert-OH is 1. The summed E-state index contributed by atoms with van der Waals surface area (Å²) in [5, 5.41) is 17.1. The standard InChI is InChI=1S/C26H24N2O4/c29-21-11-4-10-19(27-18-9-3-7-16-6-1-2-8-17(16)18)25(21)23(31)15-14-20-26-22(30)12-5-13-24(26)32-28-20/h1-3,6-9,31H,4-5,10-15H2. The van der Waals surface area contributed by atoms with E-state index in [4.69, 9.17) is 9.52 Å². The van der Waals surface area contributed by atoms with E-state index in [9.17, 15) is 14.7 Å². The Balaban J connectivity index is 1.47. The Bertz CT molecular complexity index is 1280. The van der Waals surface area contributed by atoms with Gasteiger partial charge in [-0.15, -0.1) is 0 Å². The van der Waals surface area contributed by atoms with Gasteiger partial charge in [0.2, 0.25) is 0 Å². The number of carbonyl (C=O) groups excluding carboxylic acids is 2. The second-order valence-electron chi connectivity index (χ2n) is 8.36. The van der Waals surface area contributed by atoms with Crippen molar-refractivity contribution < 1.29 is 19.2 Å². The third-order valence-corrected chi connectivity index (χ3v) is 6.21. The number of aryl methyl sites for hydroxylation is 2. The van der Waals surface area contributed by atoms with Crippen LogP contribution >= 0.6 is 0 Å². The van der Waals surface area contributed by atoms with Crippen molar-refractivity contribution in [2.75, 3.05) is 0 Å². The number of aliphatic imine (C=N–C) groups is 1. The minimum Gasteiger partial charge on any atom is -0.511 e. The Hall–Kier alpha value is -3.54. The van der Waals surface area contributed by atoms with E-state index in [1.54, 1.807) is 0 Å². The SMILES string of the molecule is O=C1CCCC(=Nc2cccc3ccccc23)C1=C(O)CCc1noc2c1C(=O)CCC2. The number of hydrogen-bond donors (Lipinski definition) is 1. The minimum absolute atomic E-state index is 0.00805. The predicted molar refractivity (Wildman–Crippen MR) is 122 cm³/mol. The summed E-state index contributed by atoms with van der Waals surface area (Å²) >= 11 is 0. The first kappa shape index (κ1) is 20.4. The molecule has 0 saturated heterocycles. The summed E-state index contributed by atoms with van der Waals surface area (Å²) in [6.45, 7) is 0. The first-order valence-electron chi connectivity index (χ1n) is 11.1. The largest absolute Gasteiger partial charge is 0.511 e. The van der Waals surface area contributed by atoms with Gasteiger partial charge in [0.25, 0.3) is 0 Å². The van der Waals surface area contributed by atoms with E-state index >= 15 is 0 Å². The second-order valence-corrected chi connectivity index (χ2v) is 8.36. The van der Waals surface area contributed by atoms with E-state index in [0.717, 1.165) is 22.9 Å². The van der Waals surface area contributed by atoms with Crippen molar-refractivity contribution in [3.63, 3.8) is 0 Å². The number of allylic oxidation sites excluding steroid dienone is 2. The van der Waals surface area contributed by atoms with Crippen LogP contribution < -0.4 is 0 Å². The van der Waals surface area contributed by atoms with Gasteiger partial charge >= 0.3 is 0 Å². The third kappa shape index (κ3) is 3.77. The predicted octanol–water partition coefficient (Wildman–Crippen LogP) is 5.62. The van der Waals surface area contributed by atoms with Crippen LogP contribution in [0.15, 0.2) is 63.3 Å². The van der Waals surface area contributed by atoms with Crippen molar-refractivity contribution in [3.8, 4) is 0 Å². The fourth-order valence-corrected chi connectivity index (χ4v) is 4.63. The zero-order valence-corrected chi connectivity index (χ0v) is 17.8. The van der Waals surface area contributed by atoms with Crippen molar-refractivity contribution in [2.24, 2.45) is 4.99 Å². The molecule has 0 radical (unpaired) electrons. The van der Waals surface area contributed by atoms with Crippen LogP contribution in [0.25, 0.3) is 10.8 Å². The summed E-state index contributed by atoms with van der Waals surface area (Å²) in [4.78, 5) is 29.9. The summed E-state index contributed by atoms with van der Waals surface area (Å²) in [5.74, 6) is 0.594. The lowest BCUT2D eigenvalue weighted by atomic mass is 9.88. The van der Waals surface area contributed by atoms with Crippen LogP contribution in [0.4, 0.5) is 5.69 Å². The fraction of sp³-hybridized carbons (Fsp3) is 0.308. The smallest absolute Gasteiger partial charge is 0.168 e. The number of fused-ring (bicyclic) bond motifs is 2. The minimum atomic E-state index is -0.0917. The lowest BCUT2D eigenvalue weighted by Gasteiger charge is -2.18. The normalized spacial score (nSPS) is 19.4. The molecule has 6 heteroatoms. The van der Waals surface area contributed by atoms with Crippen LogP contribution in [0, 0.1) is 0 Å². The van der Waals surface area contributed by atoms with Crippen molar-refractivity contribution in [1.82, 2.24) is 5.16 Å². The average molecular weight is 428 g/mol. The fourth-order valence-electron chi connectivity index (χ4n) is 4.63. The lowest BCUT2D eigenvalue weighted by molar-refractivity contribution is -0.115. The van der Waals surface area contributed by atoms with Gasteiger partial charge in [-0.1, -0.05) is 41.6 Å². The van der Waals surface area contributed by atoms with E-state index in [1.165, 1.54) is 0 Å². The summed E-state index contributed by atoms with van der Waals surface area (Å²) < 4.78 is 5.34. The molecule has 0 amide bonds. The van der Waals surface area contributed by atoms with Crippen LogP contribution in [-0.2, 0) is 17.6 Å². The van der Waals surface area contributed by atoms with Crippen LogP contribution in [0.2, 0.25) is 0 Å². The molecule has 1 fully saturated rings. The number of aromatic nitrogens is 1. The number of benzene rings is 2. The van der Waals surface area contributed by atoms with Crippen LogP contribution in [0.3, 0.4) is 0 Å². The molecular weight excluding hydrogens is 404 g/mol. The van der Waals surface area contributed by atoms with Gasteiger partial charge in [-0.05, 0) is 30.7 Å². The number of nitrogens with zero attached hydrogens (tertiary/aromatic N) is 2. The van der Waals surface area contributed by atoms with Gasteiger partial charge in [0.1, 0.15) is 11.5 Å². The van der Waals surface area contributed by atoms with Gasteiger partial charge in [-0.3, -0.25) is 14.6 Å². The van der Waals surface area contributed by atoms with Gasteiger partial charge in [0.05, 0.1) is 28.2 Å². The first-order chi connectivity index (χ1) is 15.6. The van der Waals surface area contributed by atoms with Gasteiger partial charge in [0, 0.05) is 37.5 Å². The Morgan fingerprint density at radius 1 is 0.969 bits per heavy atom. The number of Topliss-reactive ketones (excluding diaryl/α,β-unsaturated/α-hetero) is 2. The molecule has 2 aliphatic carbocycles. The highest BCUT2D eigenvalue weighted by atomic mass is 16.5. The Morgan fingerprint density at radius 3 is 2.66 bits per heavy atom. The Kier molecular flexibility index (Phi) is 5.43. The molecule has 5 rings (SSSR count). The molecule has 1 saturated carbocycles. The maximum absolute atomic E-state index is 12.8. The summed E-state index contributed by atoms with van der Waals surface area (Å²) in [6, 6.07) is 13.9. The van der Waals surface area contributed by atoms with Crippen molar-refractivity contribution in [2.45, 2.75) is 51.4 Å². The molecule has 3 aromatic rings. The van der Waals surface area contributed by atoms with Gasteiger partial charge < -0.3 is 9.63 Å². The van der Waals surface area contributed by atoms with E-state index in [2.05, 4.69) is 5.16 Å².